The molecule has 0 bridgehead atoms. The van der Waals surface area contributed by atoms with Gasteiger partial charge in [-0.25, -0.2) is 9.07 Å². The second-order valence-electron chi connectivity index (χ2n) is 4.78. The molecule has 104 valence electrons. The Kier molecular flexibility index (Phi) is 3.36. The second-order valence-corrected chi connectivity index (χ2v) is 4.78. The van der Waals surface area contributed by atoms with Gasteiger partial charge in [-0.3, -0.25) is 4.79 Å². The molecule has 2 aromatic carbocycles. The smallest absolute Gasteiger partial charge is 0.214 e. The van der Waals surface area contributed by atoms with Gasteiger partial charge in [-0.15, -0.1) is 0 Å². The number of aryl methyl sites for hydroxylation is 1. The van der Waals surface area contributed by atoms with Gasteiger partial charge in [0.1, 0.15) is 11.5 Å². The monoisotopic (exact) mass is 280 g/mol. The zero-order chi connectivity index (χ0) is 14.8. The van der Waals surface area contributed by atoms with Gasteiger partial charge >= 0.3 is 0 Å². The number of aromatic nitrogens is 2. The first-order valence-corrected chi connectivity index (χ1v) is 6.57. The van der Waals surface area contributed by atoms with Crippen molar-refractivity contribution >= 4 is 5.78 Å². The van der Waals surface area contributed by atoms with Crippen molar-refractivity contribution in [3.05, 3.63) is 83.4 Å². The molecular formula is C17H13FN2O. The van der Waals surface area contributed by atoms with Crippen LogP contribution in [-0.4, -0.2) is 15.6 Å². The van der Waals surface area contributed by atoms with Crippen LogP contribution in [0.15, 0.2) is 60.8 Å². The number of benzene rings is 2. The zero-order valence-corrected chi connectivity index (χ0v) is 11.5. The Hall–Kier alpha value is -2.75. The number of ketones is 1. The van der Waals surface area contributed by atoms with Crippen molar-refractivity contribution in [2.45, 2.75) is 6.92 Å². The lowest BCUT2D eigenvalue weighted by Crippen LogP contribution is -2.11. The Morgan fingerprint density at radius 1 is 1.10 bits per heavy atom. The lowest BCUT2D eigenvalue weighted by atomic mass is 10.0. The molecule has 3 nitrogen and oxygen atoms in total. The highest BCUT2D eigenvalue weighted by Crippen LogP contribution is 2.17. The Balaban J connectivity index is 2.08. The molecule has 0 unspecified atom stereocenters. The average Bonchev–Trinajstić information content (AvgIpc) is 2.99. The summed E-state index contributed by atoms with van der Waals surface area (Å²) in [5.74, 6) is -0.899. The molecule has 0 spiro atoms. The summed E-state index contributed by atoms with van der Waals surface area (Å²) in [4.78, 5) is 12.6. The number of para-hydroxylation sites is 1. The Morgan fingerprint density at radius 3 is 2.62 bits per heavy atom. The van der Waals surface area contributed by atoms with Gasteiger partial charge < -0.3 is 0 Å². The van der Waals surface area contributed by atoms with E-state index in [1.54, 1.807) is 18.2 Å². The van der Waals surface area contributed by atoms with E-state index < -0.39 is 5.82 Å². The molecule has 0 radical (unpaired) electrons. The fourth-order valence-corrected chi connectivity index (χ4v) is 2.20. The SMILES string of the molecule is Cc1ccc(F)c(C(=O)c2ccnn2-c2ccccc2)c1. The second kappa shape index (κ2) is 5.32. The van der Waals surface area contributed by atoms with Crippen LogP contribution in [0.2, 0.25) is 0 Å². The molecule has 0 saturated heterocycles. The van der Waals surface area contributed by atoms with Gasteiger partial charge in [-0.2, -0.15) is 5.10 Å². The van der Waals surface area contributed by atoms with Crippen LogP contribution in [-0.2, 0) is 0 Å². The van der Waals surface area contributed by atoms with Crippen LogP contribution in [0, 0.1) is 12.7 Å². The van der Waals surface area contributed by atoms with Gasteiger partial charge in [0, 0.05) is 0 Å². The van der Waals surface area contributed by atoms with Gasteiger partial charge in [0.15, 0.2) is 0 Å². The third kappa shape index (κ3) is 2.48. The first-order chi connectivity index (χ1) is 10.2. The van der Waals surface area contributed by atoms with Crippen molar-refractivity contribution in [2.24, 2.45) is 0 Å². The van der Waals surface area contributed by atoms with E-state index in [2.05, 4.69) is 5.10 Å². The topological polar surface area (TPSA) is 34.9 Å². The predicted octanol–water partition coefficient (Wildman–Crippen LogP) is 3.55. The maximum Gasteiger partial charge on any atom is 0.214 e. The number of hydrogen-bond donors (Lipinski definition) is 0. The van der Waals surface area contributed by atoms with Crippen LogP contribution in [0.4, 0.5) is 4.39 Å². The lowest BCUT2D eigenvalue weighted by molar-refractivity contribution is 0.102. The number of carbonyl (C=O) groups is 1. The highest BCUT2D eigenvalue weighted by Gasteiger charge is 2.18. The van der Waals surface area contributed by atoms with Crippen LogP contribution in [0.5, 0.6) is 0 Å². The van der Waals surface area contributed by atoms with Crippen molar-refractivity contribution < 1.29 is 9.18 Å². The number of hydrogen-bond acceptors (Lipinski definition) is 2. The standard InChI is InChI=1S/C17H13FN2O/c1-12-7-8-15(18)14(11-12)17(21)16-9-10-19-20(16)13-5-3-2-4-6-13/h2-11H,1H3. The van der Waals surface area contributed by atoms with E-state index in [0.29, 0.717) is 5.69 Å². The predicted molar refractivity (Wildman–Crippen MR) is 78.1 cm³/mol. The summed E-state index contributed by atoms with van der Waals surface area (Å²) in [6, 6.07) is 15.4. The van der Waals surface area contributed by atoms with E-state index in [-0.39, 0.29) is 11.3 Å². The van der Waals surface area contributed by atoms with Crippen molar-refractivity contribution in [3.63, 3.8) is 0 Å². The molecule has 0 aliphatic heterocycles. The quantitative estimate of drug-likeness (QED) is 0.688. The fourth-order valence-electron chi connectivity index (χ4n) is 2.20. The summed E-state index contributed by atoms with van der Waals surface area (Å²) >= 11 is 0. The molecule has 21 heavy (non-hydrogen) atoms. The van der Waals surface area contributed by atoms with Crippen LogP contribution >= 0.6 is 0 Å². The molecule has 0 N–H and O–H groups in total. The molecule has 3 rings (SSSR count). The normalized spacial score (nSPS) is 10.6. The summed E-state index contributed by atoms with van der Waals surface area (Å²) in [6.45, 7) is 1.82. The first kappa shape index (κ1) is 13.2. The molecule has 0 aliphatic rings. The van der Waals surface area contributed by atoms with Crippen LogP contribution in [0.3, 0.4) is 0 Å². The average molecular weight is 280 g/mol. The van der Waals surface area contributed by atoms with Gasteiger partial charge in [-0.05, 0) is 37.3 Å². The first-order valence-electron chi connectivity index (χ1n) is 6.57. The number of nitrogens with zero attached hydrogens (tertiary/aromatic N) is 2. The largest absolute Gasteiger partial charge is 0.287 e. The van der Waals surface area contributed by atoms with Crippen LogP contribution in [0.25, 0.3) is 5.69 Å². The van der Waals surface area contributed by atoms with E-state index >= 15 is 0 Å². The Morgan fingerprint density at radius 2 is 1.86 bits per heavy atom. The minimum Gasteiger partial charge on any atom is -0.287 e. The fraction of sp³-hybridized carbons (Fsp3) is 0.0588. The third-order valence-corrected chi connectivity index (χ3v) is 3.24. The van der Waals surface area contributed by atoms with Gasteiger partial charge in [-0.1, -0.05) is 29.8 Å². The lowest BCUT2D eigenvalue weighted by Gasteiger charge is -2.08. The molecule has 1 aromatic heterocycles. The maximum atomic E-state index is 13.9. The van der Waals surface area contributed by atoms with E-state index in [9.17, 15) is 9.18 Å². The number of rotatable bonds is 3. The minimum absolute atomic E-state index is 0.0627. The van der Waals surface area contributed by atoms with E-state index in [0.717, 1.165) is 11.3 Å². The highest BCUT2D eigenvalue weighted by molar-refractivity contribution is 6.08. The highest BCUT2D eigenvalue weighted by atomic mass is 19.1. The Bertz CT molecular complexity index is 794. The molecule has 0 saturated carbocycles. The molecule has 3 aromatic rings. The molecule has 0 fully saturated rings. The molecule has 4 heteroatoms. The Labute approximate surface area is 121 Å². The molecule has 1 heterocycles. The molecule has 0 atom stereocenters. The maximum absolute atomic E-state index is 13.9. The van der Waals surface area contributed by atoms with E-state index in [1.807, 2.05) is 37.3 Å². The minimum atomic E-state index is -0.522. The van der Waals surface area contributed by atoms with Crippen molar-refractivity contribution in [3.8, 4) is 5.69 Å². The van der Waals surface area contributed by atoms with Gasteiger partial charge in [0.25, 0.3) is 0 Å². The summed E-state index contributed by atoms with van der Waals surface area (Å²) in [7, 11) is 0. The summed E-state index contributed by atoms with van der Waals surface area (Å²) < 4.78 is 15.4. The summed E-state index contributed by atoms with van der Waals surface area (Å²) in [5.41, 5.74) is 2.00. The third-order valence-electron chi connectivity index (χ3n) is 3.24. The van der Waals surface area contributed by atoms with E-state index in [4.69, 9.17) is 0 Å². The van der Waals surface area contributed by atoms with Crippen LogP contribution in [0.1, 0.15) is 21.6 Å². The van der Waals surface area contributed by atoms with Crippen LogP contribution < -0.4 is 0 Å². The number of halogens is 1. The van der Waals surface area contributed by atoms with Gasteiger partial charge in [0.2, 0.25) is 5.78 Å². The summed E-state index contributed by atoms with van der Waals surface area (Å²) in [6.07, 6.45) is 1.54. The van der Waals surface area contributed by atoms with Crippen molar-refractivity contribution in [1.82, 2.24) is 9.78 Å². The van der Waals surface area contributed by atoms with E-state index in [1.165, 1.54) is 16.9 Å². The van der Waals surface area contributed by atoms with Crippen molar-refractivity contribution in [2.75, 3.05) is 0 Å². The van der Waals surface area contributed by atoms with Crippen molar-refractivity contribution in [1.29, 1.82) is 0 Å². The molecule has 0 amide bonds. The summed E-state index contributed by atoms with van der Waals surface area (Å²) in [5, 5.41) is 4.16. The zero-order valence-electron chi connectivity index (χ0n) is 11.5. The molecular weight excluding hydrogens is 267 g/mol. The van der Waals surface area contributed by atoms with Gasteiger partial charge in [0.05, 0.1) is 17.4 Å². The number of carbonyl (C=O) groups excluding carboxylic acids is 1. The molecule has 0 aliphatic carbocycles.